The summed E-state index contributed by atoms with van der Waals surface area (Å²) in [5, 5.41) is 16.3. The van der Waals surface area contributed by atoms with E-state index >= 15 is 0 Å². The number of carbonyl (C=O) groups is 1. The zero-order valence-corrected chi connectivity index (χ0v) is 18.5. The lowest BCUT2D eigenvalue weighted by Gasteiger charge is -2.11. The van der Waals surface area contributed by atoms with Crippen LogP contribution in [0.5, 0.6) is 17.2 Å². The average Bonchev–Trinajstić information content (AvgIpc) is 3.25. The Morgan fingerprint density at radius 2 is 1.69 bits per heavy atom. The molecule has 0 aliphatic rings. The summed E-state index contributed by atoms with van der Waals surface area (Å²) >= 11 is 1.24. The van der Waals surface area contributed by atoms with Gasteiger partial charge in [-0.25, -0.2) is 0 Å². The second-order valence-corrected chi connectivity index (χ2v) is 7.55. The highest BCUT2D eigenvalue weighted by atomic mass is 32.2. The molecule has 9 nitrogen and oxygen atoms in total. The highest BCUT2D eigenvalue weighted by Crippen LogP contribution is 2.29. The second-order valence-electron chi connectivity index (χ2n) is 6.60. The number of nitrogens with zero attached hydrogens (tertiary/aromatic N) is 4. The monoisotopic (exact) mass is 451 g/mol. The molecule has 2 aromatic heterocycles. The molecule has 32 heavy (non-hydrogen) atoms. The maximum atomic E-state index is 12.5. The molecule has 4 aromatic rings. The minimum Gasteiger partial charge on any atom is -0.497 e. The summed E-state index contributed by atoms with van der Waals surface area (Å²) in [6, 6.07) is 16.5. The Hall–Kier alpha value is -3.79. The Balaban J connectivity index is 1.49. The van der Waals surface area contributed by atoms with Crippen LogP contribution in [-0.4, -0.2) is 52.8 Å². The molecule has 164 valence electrons. The third kappa shape index (κ3) is 4.59. The van der Waals surface area contributed by atoms with E-state index in [1.54, 1.807) is 44.0 Å². The Bertz CT molecular complexity index is 1240. The van der Waals surface area contributed by atoms with Crippen molar-refractivity contribution in [2.45, 2.75) is 5.16 Å². The summed E-state index contributed by atoms with van der Waals surface area (Å²) in [7, 11) is 4.73. The van der Waals surface area contributed by atoms with Crippen molar-refractivity contribution in [1.82, 2.24) is 19.8 Å². The smallest absolute Gasteiger partial charge is 0.234 e. The molecule has 0 saturated heterocycles. The molecule has 0 atom stereocenters. The lowest BCUT2D eigenvalue weighted by Crippen LogP contribution is -2.15. The molecule has 10 heteroatoms. The van der Waals surface area contributed by atoms with Crippen molar-refractivity contribution in [3.63, 3.8) is 0 Å². The predicted molar refractivity (Wildman–Crippen MR) is 122 cm³/mol. The van der Waals surface area contributed by atoms with Gasteiger partial charge in [0.15, 0.2) is 5.65 Å². The molecule has 0 spiro atoms. The van der Waals surface area contributed by atoms with Crippen LogP contribution in [0.3, 0.4) is 0 Å². The number of rotatable bonds is 8. The summed E-state index contributed by atoms with van der Waals surface area (Å²) < 4.78 is 17.4. The third-order valence-electron chi connectivity index (χ3n) is 4.63. The summed E-state index contributed by atoms with van der Waals surface area (Å²) in [5.41, 5.74) is 2.82. The zero-order valence-electron chi connectivity index (χ0n) is 17.7. The van der Waals surface area contributed by atoms with Gasteiger partial charge in [0.05, 0.1) is 38.5 Å². The fraction of sp³-hybridized carbons (Fsp3) is 0.182. The van der Waals surface area contributed by atoms with Crippen molar-refractivity contribution >= 4 is 29.0 Å². The number of fused-ring (bicyclic) bond motifs is 1. The fourth-order valence-corrected chi connectivity index (χ4v) is 3.69. The fourth-order valence-electron chi connectivity index (χ4n) is 3.00. The number of ether oxygens (including phenoxy) is 3. The van der Waals surface area contributed by atoms with Gasteiger partial charge in [-0.3, -0.25) is 4.79 Å². The molecule has 0 radical (unpaired) electrons. The number of hydrogen-bond donors (Lipinski definition) is 1. The number of anilines is 1. The highest BCUT2D eigenvalue weighted by molar-refractivity contribution is 7.99. The molecular formula is C22H21N5O4S. The number of thioether (sulfide) groups is 1. The van der Waals surface area contributed by atoms with Crippen LogP contribution in [0.2, 0.25) is 0 Å². The maximum Gasteiger partial charge on any atom is 0.234 e. The Morgan fingerprint density at radius 3 is 2.41 bits per heavy atom. The van der Waals surface area contributed by atoms with Gasteiger partial charge in [-0.2, -0.15) is 9.61 Å². The maximum absolute atomic E-state index is 12.5. The lowest BCUT2D eigenvalue weighted by atomic mass is 10.1. The largest absolute Gasteiger partial charge is 0.497 e. The van der Waals surface area contributed by atoms with Gasteiger partial charge in [0.1, 0.15) is 17.2 Å². The first-order valence-corrected chi connectivity index (χ1v) is 10.6. The number of benzene rings is 2. The summed E-state index contributed by atoms with van der Waals surface area (Å²) in [6.45, 7) is 0. The molecule has 2 heterocycles. The third-order valence-corrected chi connectivity index (χ3v) is 5.55. The standard InChI is InChI=1S/C22H21N5O4S/c1-29-15-6-4-14(5-7-15)17-9-11-20-24-25-22(27(20)26-17)32-13-21(28)23-18-12-16(30-2)8-10-19(18)31-3/h4-12H,13H2,1-3H3,(H,23,28). The Kier molecular flexibility index (Phi) is 6.41. The van der Waals surface area contributed by atoms with Crippen LogP contribution in [0.15, 0.2) is 59.8 Å². The quantitative estimate of drug-likeness (QED) is 0.406. The first-order chi connectivity index (χ1) is 15.6. The van der Waals surface area contributed by atoms with Gasteiger partial charge in [0.25, 0.3) is 0 Å². The van der Waals surface area contributed by atoms with Gasteiger partial charge in [-0.1, -0.05) is 11.8 Å². The van der Waals surface area contributed by atoms with Gasteiger partial charge in [-0.05, 0) is 48.5 Å². The minimum atomic E-state index is -0.218. The van der Waals surface area contributed by atoms with E-state index in [0.717, 1.165) is 17.0 Å². The number of amides is 1. The SMILES string of the molecule is COc1ccc(-c2ccc3nnc(SCC(=O)Nc4cc(OC)ccc4OC)n3n2)cc1. The van der Waals surface area contributed by atoms with E-state index in [0.29, 0.717) is 28.0 Å². The number of hydrogen-bond acceptors (Lipinski definition) is 8. The molecule has 2 aromatic carbocycles. The number of methoxy groups -OCH3 is 3. The van der Waals surface area contributed by atoms with Gasteiger partial charge >= 0.3 is 0 Å². The summed E-state index contributed by atoms with van der Waals surface area (Å²) in [4.78, 5) is 12.5. The molecule has 0 aliphatic carbocycles. The molecule has 1 amide bonds. The minimum absolute atomic E-state index is 0.121. The second kappa shape index (κ2) is 9.56. The molecule has 0 saturated carbocycles. The molecule has 0 aliphatic heterocycles. The molecule has 4 rings (SSSR count). The molecular weight excluding hydrogens is 430 g/mol. The van der Waals surface area contributed by atoms with Crippen molar-refractivity contribution in [2.24, 2.45) is 0 Å². The number of nitrogens with one attached hydrogen (secondary N) is 1. The molecule has 0 unspecified atom stereocenters. The predicted octanol–water partition coefficient (Wildman–Crippen LogP) is 3.55. The molecule has 0 bridgehead atoms. The normalized spacial score (nSPS) is 10.7. The van der Waals surface area contributed by atoms with Gasteiger partial charge < -0.3 is 19.5 Å². The van der Waals surface area contributed by atoms with Crippen LogP contribution in [-0.2, 0) is 4.79 Å². The van der Waals surface area contributed by atoms with Crippen LogP contribution in [0.4, 0.5) is 5.69 Å². The first kappa shape index (κ1) is 21.4. The van der Waals surface area contributed by atoms with Crippen LogP contribution < -0.4 is 19.5 Å². The van der Waals surface area contributed by atoms with E-state index in [1.165, 1.54) is 11.8 Å². The topological polar surface area (TPSA) is 99.9 Å². The van der Waals surface area contributed by atoms with Crippen molar-refractivity contribution in [2.75, 3.05) is 32.4 Å². The zero-order chi connectivity index (χ0) is 22.5. The van der Waals surface area contributed by atoms with Crippen LogP contribution in [0, 0.1) is 0 Å². The van der Waals surface area contributed by atoms with Crippen molar-refractivity contribution in [1.29, 1.82) is 0 Å². The van der Waals surface area contributed by atoms with Crippen LogP contribution in [0.25, 0.3) is 16.9 Å². The Morgan fingerprint density at radius 1 is 0.938 bits per heavy atom. The summed E-state index contributed by atoms with van der Waals surface area (Å²) in [5.74, 6) is 1.84. The van der Waals surface area contributed by atoms with Crippen molar-refractivity contribution in [3.8, 4) is 28.5 Å². The van der Waals surface area contributed by atoms with E-state index in [1.807, 2.05) is 36.4 Å². The van der Waals surface area contributed by atoms with Crippen LogP contribution in [0.1, 0.15) is 0 Å². The van der Waals surface area contributed by atoms with E-state index in [9.17, 15) is 4.79 Å². The molecule has 1 N–H and O–H groups in total. The lowest BCUT2D eigenvalue weighted by molar-refractivity contribution is -0.113. The van der Waals surface area contributed by atoms with Crippen molar-refractivity contribution < 1.29 is 19.0 Å². The average molecular weight is 452 g/mol. The van der Waals surface area contributed by atoms with E-state index < -0.39 is 0 Å². The Labute approximate surface area is 188 Å². The first-order valence-electron chi connectivity index (χ1n) is 9.63. The van der Waals surface area contributed by atoms with E-state index in [-0.39, 0.29) is 11.7 Å². The van der Waals surface area contributed by atoms with E-state index in [4.69, 9.17) is 14.2 Å². The number of carbonyl (C=O) groups excluding carboxylic acids is 1. The van der Waals surface area contributed by atoms with Crippen LogP contribution >= 0.6 is 11.8 Å². The van der Waals surface area contributed by atoms with Crippen molar-refractivity contribution in [3.05, 3.63) is 54.6 Å². The molecule has 0 fully saturated rings. The highest BCUT2D eigenvalue weighted by Gasteiger charge is 2.14. The van der Waals surface area contributed by atoms with Gasteiger partial charge in [0, 0.05) is 11.6 Å². The van der Waals surface area contributed by atoms with E-state index in [2.05, 4.69) is 20.6 Å². The van der Waals surface area contributed by atoms with Gasteiger partial charge in [-0.15, -0.1) is 10.2 Å². The summed E-state index contributed by atoms with van der Waals surface area (Å²) in [6.07, 6.45) is 0. The number of aromatic nitrogens is 4. The van der Waals surface area contributed by atoms with Gasteiger partial charge in [0.2, 0.25) is 11.1 Å².